The molecule has 0 saturated carbocycles. The summed E-state index contributed by atoms with van der Waals surface area (Å²) >= 11 is 0. The molecule has 1 rings (SSSR count). The number of aliphatic carboxylic acids is 1. The number of imidazole rings is 1. The third-order valence-electron chi connectivity index (χ3n) is 2.09. The highest BCUT2D eigenvalue weighted by Gasteiger charge is 2.01. The fraction of sp³-hybridized carbons (Fsp3) is 0.500. The zero-order valence-electron chi connectivity index (χ0n) is 9.40. The van der Waals surface area contributed by atoms with Crippen molar-refractivity contribution in [3.63, 3.8) is 0 Å². The number of carboxylic acids is 1. The summed E-state index contributed by atoms with van der Waals surface area (Å²) in [6.45, 7) is 0.870. The number of urea groups is 1. The summed E-state index contributed by atoms with van der Waals surface area (Å²) in [6.07, 6.45) is 4.47. The van der Waals surface area contributed by atoms with Gasteiger partial charge >= 0.3 is 12.0 Å². The van der Waals surface area contributed by atoms with Crippen LogP contribution in [0.1, 0.15) is 18.5 Å². The van der Waals surface area contributed by atoms with Crippen LogP contribution in [0, 0.1) is 0 Å². The molecule has 7 heteroatoms. The van der Waals surface area contributed by atoms with Gasteiger partial charge in [-0.2, -0.15) is 0 Å². The molecule has 94 valence electrons. The van der Waals surface area contributed by atoms with Gasteiger partial charge in [0.15, 0.2) is 0 Å². The average molecular weight is 240 g/mol. The summed E-state index contributed by atoms with van der Waals surface area (Å²) in [5, 5.41) is 13.6. The fourth-order valence-corrected chi connectivity index (χ4v) is 1.24. The maximum atomic E-state index is 11.2. The molecule has 2 amide bonds. The van der Waals surface area contributed by atoms with Crippen LogP contribution in [0.4, 0.5) is 4.79 Å². The van der Waals surface area contributed by atoms with E-state index >= 15 is 0 Å². The summed E-state index contributed by atoms with van der Waals surface area (Å²) in [6, 6.07) is -0.282. The Labute approximate surface area is 98.6 Å². The van der Waals surface area contributed by atoms with Crippen LogP contribution in [0.2, 0.25) is 0 Å². The summed E-state index contributed by atoms with van der Waals surface area (Å²) in [5.41, 5.74) is 0.955. The zero-order chi connectivity index (χ0) is 12.5. The Morgan fingerprint density at radius 2 is 2.12 bits per heavy atom. The number of carboxylic acid groups (broad SMARTS) is 1. The number of hydrogen-bond donors (Lipinski definition) is 4. The van der Waals surface area contributed by atoms with Crippen molar-refractivity contribution in [3.05, 3.63) is 18.2 Å². The Morgan fingerprint density at radius 1 is 1.35 bits per heavy atom. The van der Waals surface area contributed by atoms with Crippen molar-refractivity contribution >= 4 is 12.0 Å². The van der Waals surface area contributed by atoms with Crippen LogP contribution in [-0.4, -0.2) is 40.2 Å². The average Bonchev–Trinajstić information content (AvgIpc) is 2.77. The fourth-order valence-electron chi connectivity index (χ4n) is 1.24. The van der Waals surface area contributed by atoms with Gasteiger partial charge in [0.2, 0.25) is 0 Å². The van der Waals surface area contributed by atoms with E-state index in [9.17, 15) is 9.59 Å². The first-order chi connectivity index (χ1) is 8.18. The van der Waals surface area contributed by atoms with Crippen molar-refractivity contribution in [3.8, 4) is 0 Å². The number of aromatic amines is 1. The number of carbonyl (C=O) groups excluding carboxylic acids is 1. The smallest absolute Gasteiger partial charge is 0.314 e. The standard InChI is InChI=1S/C10H16N4O3/c15-9(16)2-1-4-12-10(17)13-5-3-8-6-11-7-14-8/h6-7H,1-5H2,(H,11,14)(H,15,16)(H2,12,13,17). The van der Waals surface area contributed by atoms with Gasteiger partial charge in [0, 0.05) is 37.8 Å². The quantitative estimate of drug-likeness (QED) is 0.507. The Kier molecular flexibility index (Phi) is 5.56. The van der Waals surface area contributed by atoms with Gasteiger partial charge in [-0.3, -0.25) is 4.79 Å². The summed E-state index contributed by atoms with van der Waals surface area (Å²) < 4.78 is 0. The predicted octanol–water partition coefficient (Wildman–Crippen LogP) is 0.116. The first kappa shape index (κ1) is 13.0. The van der Waals surface area contributed by atoms with Crippen LogP contribution in [0.15, 0.2) is 12.5 Å². The van der Waals surface area contributed by atoms with Gasteiger partial charge in [-0.1, -0.05) is 0 Å². The lowest BCUT2D eigenvalue weighted by molar-refractivity contribution is -0.137. The SMILES string of the molecule is O=C(O)CCCNC(=O)NCCc1cnc[nH]1. The minimum Gasteiger partial charge on any atom is -0.481 e. The van der Waals surface area contributed by atoms with E-state index in [4.69, 9.17) is 5.11 Å². The van der Waals surface area contributed by atoms with Crippen molar-refractivity contribution < 1.29 is 14.7 Å². The second kappa shape index (κ2) is 7.26. The van der Waals surface area contributed by atoms with Gasteiger partial charge in [0.25, 0.3) is 0 Å². The van der Waals surface area contributed by atoms with Crippen LogP contribution in [0.25, 0.3) is 0 Å². The van der Waals surface area contributed by atoms with E-state index in [1.54, 1.807) is 12.5 Å². The maximum absolute atomic E-state index is 11.2. The minimum atomic E-state index is -0.855. The Hall–Kier alpha value is -2.05. The van der Waals surface area contributed by atoms with E-state index in [1.807, 2.05) is 0 Å². The zero-order valence-corrected chi connectivity index (χ0v) is 9.40. The summed E-state index contributed by atoms with van der Waals surface area (Å²) in [4.78, 5) is 28.2. The third-order valence-corrected chi connectivity index (χ3v) is 2.09. The van der Waals surface area contributed by atoms with E-state index in [1.165, 1.54) is 0 Å². The molecule has 1 aromatic rings. The van der Waals surface area contributed by atoms with Crippen LogP contribution in [-0.2, 0) is 11.2 Å². The molecule has 1 heterocycles. The van der Waals surface area contributed by atoms with Crippen LogP contribution in [0.5, 0.6) is 0 Å². The topological polar surface area (TPSA) is 107 Å². The van der Waals surface area contributed by atoms with Crippen molar-refractivity contribution in [2.75, 3.05) is 13.1 Å². The van der Waals surface area contributed by atoms with Crippen LogP contribution < -0.4 is 10.6 Å². The van der Waals surface area contributed by atoms with E-state index in [0.29, 0.717) is 25.9 Å². The molecule has 1 aromatic heterocycles. The Balaban J connectivity index is 1.99. The maximum Gasteiger partial charge on any atom is 0.314 e. The molecule has 0 unspecified atom stereocenters. The molecular formula is C10H16N4O3. The Bertz CT molecular complexity index is 350. The van der Waals surface area contributed by atoms with E-state index in [0.717, 1.165) is 5.69 Å². The first-order valence-electron chi connectivity index (χ1n) is 5.39. The molecule has 7 nitrogen and oxygen atoms in total. The molecule has 4 N–H and O–H groups in total. The number of rotatable bonds is 7. The lowest BCUT2D eigenvalue weighted by Crippen LogP contribution is -2.37. The van der Waals surface area contributed by atoms with Crippen LogP contribution >= 0.6 is 0 Å². The molecule has 17 heavy (non-hydrogen) atoms. The molecule has 0 aliphatic carbocycles. The molecule has 0 aliphatic heterocycles. The van der Waals surface area contributed by atoms with Gasteiger partial charge in [-0.15, -0.1) is 0 Å². The predicted molar refractivity (Wildman–Crippen MR) is 60.6 cm³/mol. The van der Waals surface area contributed by atoms with Crippen molar-refractivity contribution in [2.45, 2.75) is 19.3 Å². The molecule has 0 fully saturated rings. The molecular weight excluding hydrogens is 224 g/mol. The first-order valence-corrected chi connectivity index (χ1v) is 5.39. The highest BCUT2D eigenvalue weighted by molar-refractivity contribution is 5.73. The number of H-pyrrole nitrogens is 1. The lowest BCUT2D eigenvalue weighted by atomic mass is 10.3. The number of amides is 2. The van der Waals surface area contributed by atoms with Crippen molar-refractivity contribution in [2.24, 2.45) is 0 Å². The van der Waals surface area contributed by atoms with Gasteiger partial charge in [0.05, 0.1) is 6.33 Å². The molecule has 0 saturated heterocycles. The van der Waals surface area contributed by atoms with E-state index in [2.05, 4.69) is 20.6 Å². The lowest BCUT2D eigenvalue weighted by Gasteiger charge is -2.06. The second-order valence-corrected chi connectivity index (χ2v) is 3.51. The molecule has 0 spiro atoms. The van der Waals surface area contributed by atoms with Crippen LogP contribution in [0.3, 0.4) is 0 Å². The molecule has 0 aliphatic rings. The number of hydrogen-bond acceptors (Lipinski definition) is 3. The van der Waals surface area contributed by atoms with E-state index < -0.39 is 5.97 Å². The second-order valence-electron chi connectivity index (χ2n) is 3.51. The monoisotopic (exact) mass is 240 g/mol. The summed E-state index contributed by atoms with van der Waals surface area (Å²) in [7, 11) is 0. The highest BCUT2D eigenvalue weighted by Crippen LogP contribution is 1.90. The largest absolute Gasteiger partial charge is 0.481 e. The molecule has 0 radical (unpaired) electrons. The van der Waals surface area contributed by atoms with Crippen molar-refractivity contribution in [1.29, 1.82) is 0 Å². The molecule has 0 aromatic carbocycles. The number of aromatic nitrogens is 2. The summed E-state index contributed by atoms with van der Waals surface area (Å²) in [5.74, 6) is -0.855. The van der Waals surface area contributed by atoms with Crippen molar-refractivity contribution in [1.82, 2.24) is 20.6 Å². The normalized spacial score (nSPS) is 9.88. The van der Waals surface area contributed by atoms with Gasteiger partial charge in [-0.25, -0.2) is 9.78 Å². The molecule has 0 atom stereocenters. The minimum absolute atomic E-state index is 0.0639. The number of nitrogens with one attached hydrogen (secondary N) is 3. The molecule has 0 bridgehead atoms. The van der Waals surface area contributed by atoms with Gasteiger partial charge in [0.1, 0.15) is 0 Å². The van der Waals surface area contributed by atoms with E-state index in [-0.39, 0.29) is 12.5 Å². The third kappa shape index (κ3) is 6.18. The van der Waals surface area contributed by atoms with Gasteiger partial charge < -0.3 is 20.7 Å². The number of nitrogens with zero attached hydrogens (tertiary/aromatic N) is 1. The van der Waals surface area contributed by atoms with Gasteiger partial charge in [-0.05, 0) is 6.42 Å². The number of carbonyl (C=O) groups is 2. The highest BCUT2D eigenvalue weighted by atomic mass is 16.4. The Morgan fingerprint density at radius 3 is 2.76 bits per heavy atom.